The molecule has 0 saturated carbocycles. The Balaban J connectivity index is 2.05. The number of sulfonamides is 1. The molecule has 23 heavy (non-hydrogen) atoms. The van der Waals surface area contributed by atoms with Crippen LogP contribution in [0.5, 0.6) is 0 Å². The summed E-state index contributed by atoms with van der Waals surface area (Å²) >= 11 is 0. The van der Waals surface area contributed by atoms with Gasteiger partial charge in [0.25, 0.3) is 0 Å². The maximum absolute atomic E-state index is 12.3. The van der Waals surface area contributed by atoms with E-state index in [4.69, 9.17) is 0 Å². The average Bonchev–Trinajstić information content (AvgIpc) is 2.54. The van der Waals surface area contributed by atoms with Gasteiger partial charge in [-0.2, -0.15) is 0 Å². The summed E-state index contributed by atoms with van der Waals surface area (Å²) in [5.41, 5.74) is 1.89. The van der Waals surface area contributed by atoms with E-state index in [2.05, 4.69) is 9.46 Å². The van der Waals surface area contributed by atoms with Gasteiger partial charge in [-0.3, -0.25) is 0 Å². The van der Waals surface area contributed by atoms with Gasteiger partial charge >= 0.3 is 5.97 Å². The van der Waals surface area contributed by atoms with Crippen LogP contribution in [0.25, 0.3) is 0 Å². The molecule has 0 saturated heterocycles. The van der Waals surface area contributed by atoms with Crippen molar-refractivity contribution >= 4 is 16.0 Å². The third kappa shape index (κ3) is 4.91. The van der Waals surface area contributed by atoms with Gasteiger partial charge in [-0.05, 0) is 30.2 Å². The Bertz CT molecular complexity index is 755. The Hall–Kier alpha value is -2.18. The van der Waals surface area contributed by atoms with Gasteiger partial charge in [0.15, 0.2) is 0 Å². The summed E-state index contributed by atoms with van der Waals surface area (Å²) < 4.78 is 31.8. The predicted molar refractivity (Wildman–Crippen MR) is 88.4 cm³/mol. The zero-order chi connectivity index (χ0) is 16.9. The van der Waals surface area contributed by atoms with Crippen molar-refractivity contribution in [1.29, 1.82) is 0 Å². The van der Waals surface area contributed by atoms with Crippen LogP contribution in [0.2, 0.25) is 0 Å². The molecular formula is C17H19NO4S. The van der Waals surface area contributed by atoms with Crippen LogP contribution >= 0.6 is 0 Å². The van der Waals surface area contributed by atoms with Crippen molar-refractivity contribution in [3.05, 3.63) is 71.3 Å². The first kappa shape index (κ1) is 17.2. The Labute approximate surface area is 136 Å². The van der Waals surface area contributed by atoms with Crippen molar-refractivity contribution in [1.82, 2.24) is 4.72 Å². The van der Waals surface area contributed by atoms with Gasteiger partial charge in [0.05, 0.1) is 18.4 Å². The van der Waals surface area contributed by atoms with Gasteiger partial charge in [0.1, 0.15) is 0 Å². The maximum atomic E-state index is 12.3. The van der Waals surface area contributed by atoms with Gasteiger partial charge < -0.3 is 4.74 Å². The molecule has 0 aliphatic rings. The van der Waals surface area contributed by atoms with Crippen LogP contribution < -0.4 is 4.72 Å². The zero-order valence-electron chi connectivity index (χ0n) is 13.0. The van der Waals surface area contributed by atoms with Crippen LogP contribution in [0.4, 0.5) is 0 Å². The quantitative estimate of drug-likeness (QED) is 0.825. The molecule has 0 aliphatic carbocycles. The lowest BCUT2D eigenvalue weighted by Gasteiger charge is -2.14. The Kier molecular flexibility index (Phi) is 5.52. The van der Waals surface area contributed by atoms with Crippen LogP contribution in [0.1, 0.15) is 34.5 Å². The maximum Gasteiger partial charge on any atom is 0.337 e. The van der Waals surface area contributed by atoms with E-state index in [-0.39, 0.29) is 11.8 Å². The normalized spacial score (nSPS) is 12.6. The first-order valence-corrected chi connectivity index (χ1v) is 8.79. The monoisotopic (exact) mass is 333 g/mol. The summed E-state index contributed by atoms with van der Waals surface area (Å²) in [6, 6.07) is 15.4. The number of rotatable bonds is 6. The minimum atomic E-state index is -3.49. The number of carbonyl (C=O) groups excluding carboxylic acids is 1. The van der Waals surface area contributed by atoms with E-state index in [0.29, 0.717) is 11.1 Å². The molecule has 0 amide bonds. The average molecular weight is 333 g/mol. The highest BCUT2D eigenvalue weighted by Crippen LogP contribution is 2.15. The highest BCUT2D eigenvalue weighted by Gasteiger charge is 2.16. The van der Waals surface area contributed by atoms with E-state index >= 15 is 0 Å². The molecule has 0 bridgehead atoms. The number of benzene rings is 2. The van der Waals surface area contributed by atoms with Gasteiger partial charge in [0.2, 0.25) is 10.0 Å². The fourth-order valence-corrected chi connectivity index (χ4v) is 3.58. The smallest absolute Gasteiger partial charge is 0.337 e. The summed E-state index contributed by atoms with van der Waals surface area (Å²) in [7, 11) is -2.19. The summed E-state index contributed by atoms with van der Waals surface area (Å²) in [6.07, 6.45) is 0. The molecule has 0 radical (unpaired) electrons. The van der Waals surface area contributed by atoms with E-state index in [1.54, 1.807) is 31.2 Å². The van der Waals surface area contributed by atoms with E-state index < -0.39 is 16.0 Å². The lowest BCUT2D eigenvalue weighted by Crippen LogP contribution is -2.28. The van der Waals surface area contributed by atoms with Gasteiger partial charge in [-0.1, -0.05) is 42.5 Å². The first-order valence-electron chi connectivity index (χ1n) is 7.13. The van der Waals surface area contributed by atoms with Crippen molar-refractivity contribution in [2.45, 2.75) is 18.7 Å². The van der Waals surface area contributed by atoms with Crippen LogP contribution in [0.3, 0.4) is 0 Å². The third-order valence-corrected chi connectivity index (χ3v) is 4.81. The van der Waals surface area contributed by atoms with Crippen LogP contribution in [-0.4, -0.2) is 21.5 Å². The molecule has 0 aliphatic heterocycles. The Morgan fingerprint density at radius 3 is 2.26 bits per heavy atom. The van der Waals surface area contributed by atoms with Crippen LogP contribution in [0, 0.1) is 0 Å². The second-order valence-corrected chi connectivity index (χ2v) is 6.95. The molecule has 122 valence electrons. The number of hydrogen-bond acceptors (Lipinski definition) is 4. The molecule has 2 aromatic rings. The second kappa shape index (κ2) is 7.39. The van der Waals surface area contributed by atoms with E-state index in [9.17, 15) is 13.2 Å². The molecule has 0 aromatic heterocycles. The van der Waals surface area contributed by atoms with Gasteiger partial charge in [-0.15, -0.1) is 0 Å². The lowest BCUT2D eigenvalue weighted by atomic mass is 10.1. The highest BCUT2D eigenvalue weighted by atomic mass is 32.2. The molecule has 0 spiro atoms. The largest absolute Gasteiger partial charge is 0.465 e. The molecule has 1 atom stereocenters. The SMILES string of the molecule is COC(=O)c1ccc(CS(=O)(=O)N[C@H](C)c2ccccc2)cc1. The first-order chi connectivity index (χ1) is 10.9. The van der Waals surface area contributed by atoms with Gasteiger partial charge in [-0.25, -0.2) is 17.9 Å². The molecule has 5 nitrogen and oxygen atoms in total. The van der Waals surface area contributed by atoms with Gasteiger partial charge in [0, 0.05) is 6.04 Å². The van der Waals surface area contributed by atoms with Crippen molar-refractivity contribution < 1.29 is 17.9 Å². The number of esters is 1. The highest BCUT2D eigenvalue weighted by molar-refractivity contribution is 7.88. The number of carbonyl (C=O) groups is 1. The summed E-state index contributed by atoms with van der Waals surface area (Å²) in [5, 5.41) is 0. The lowest BCUT2D eigenvalue weighted by molar-refractivity contribution is 0.0600. The second-order valence-electron chi connectivity index (χ2n) is 5.20. The summed E-state index contributed by atoms with van der Waals surface area (Å²) in [5.74, 6) is -0.596. The molecule has 2 rings (SSSR count). The van der Waals surface area contributed by atoms with Crippen molar-refractivity contribution in [3.8, 4) is 0 Å². The van der Waals surface area contributed by atoms with Crippen molar-refractivity contribution in [3.63, 3.8) is 0 Å². The standard InChI is InChI=1S/C17H19NO4S/c1-13(15-6-4-3-5-7-15)18-23(20,21)12-14-8-10-16(11-9-14)17(19)22-2/h3-11,13,18H,12H2,1-2H3/t13-/m1/s1. The summed E-state index contributed by atoms with van der Waals surface area (Å²) in [4.78, 5) is 11.4. The van der Waals surface area contributed by atoms with E-state index in [1.807, 2.05) is 30.3 Å². The molecule has 2 aromatic carbocycles. The summed E-state index contributed by atoms with van der Waals surface area (Å²) in [6.45, 7) is 1.80. The number of hydrogen-bond donors (Lipinski definition) is 1. The van der Waals surface area contributed by atoms with E-state index in [1.165, 1.54) is 7.11 Å². The molecule has 0 fully saturated rings. The number of methoxy groups -OCH3 is 1. The molecule has 0 heterocycles. The minimum absolute atomic E-state index is 0.147. The van der Waals surface area contributed by atoms with Crippen molar-refractivity contribution in [2.75, 3.05) is 7.11 Å². The predicted octanol–water partition coefficient (Wildman–Crippen LogP) is 2.65. The fourth-order valence-electron chi connectivity index (χ4n) is 2.20. The molecular weight excluding hydrogens is 314 g/mol. The third-order valence-electron chi connectivity index (χ3n) is 3.39. The number of nitrogens with one attached hydrogen (secondary N) is 1. The number of ether oxygens (including phenoxy) is 1. The molecule has 0 unspecified atom stereocenters. The Morgan fingerprint density at radius 1 is 1.09 bits per heavy atom. The van der Waals surface area contributed by atoms with E-state index in [0.717, 1.165) is 5.56 Å². The Morgan fingerprint density at radius 2 is 1.70 bits per heavy atom. The van der Waals surface area contributed by atoms with Crippen LogP contribution in [0.15, 0.2) is 54.6 Å². The zero-order valence-corrected chi connectivity index (χ0v) is 13.8. The topological polar surface area (TPSA) is 72.5 Å². The minimum Gasteiger partial charge on any atom is -0.465 e. The van der Waals surface area contributed by atoms with Crippen molar-refractivity contribution in [2.24, 2.45) is 0 Å². The fraction of sp³-hybridized carbons (Fsp3) is 0.235. The molecule has 1 N–H and O–H groups in total. The van der Waals surface area contributed by atoms with Crippen LogP contribution in [-0.2, 0) is 20.5 Å². The molecule has 6 heteroatoms.